The van der Waals surface area contributed by atoms with E-state index in [-0.39, 0.29) is 5.56 Å². The first kappa shape index (κ1) is 11.2. The first-order valence-electron chi connectivity index (χ1n) is 5.10. The van der Waals surface area contributed by atoms with E-state index < -0.39 is 5.97 Å². The Morgan fingerprint density at radius 1 is 1.41 bits per heavy atom. The maximum Gasteiger partial charge on any atom is 0.335 e. The van der Waals surface area contributed by atoms with Crippen molar-refractivity contribution in [1.29, 1.82) is 0 Å². The molecule has 0 spiro atoms. The molecule has 0 radical (unpaired) electrons. The van der Waals surface area contributed by atoms with Gasteiger partial charge in [0.2, 0.25) is 0 Å². The second kappa shape index (κ2) is 4.69. The number of benzene rings is 1. The average molecular weight is 232 g/mol. The number of nitrogens with zero attached hydrogens (tertiary/aromatic N) is 2. The lowest BCUT2D eigenvalue weighted by molar-refractivity contribution is 0.0697. The second-order valence-electron chi connectivity index (χ2n) is 3.66. The van der Waals surface area contributed by atoms with E-state index in [4.69, 9.17) is 9.84 Å². The fraction of sp³-hybridized carbons (Fsp3) is 0.167. The molecule has 0 aliphatic heterocycles. The van der Waals surface area contributed by atoms with Crippen LogP contribution in [0.2, 0.25) is 0 Å². The summed E-state index contributed by atoms with van der Waals surface area (Å²) < 4.78 is 7.11. The van der Waals surface area contributed by atoms with Gasteiger partial charge in [-0.1, -0.05) is 0 Å². The molecule has 2 rings (SSSR count). The molecular weight excluding hydrogens is 220 g/mol. The van der Waals surface area contributed by atoms with E-state index in [1.165, 1.54) is 12.1 Å². The Kier molecular flexibility index (Phi) is 3.09. The van der Waals surface area contributed by atoms with Gasteiger partial charge in [-0.15, -0.1) is 0 Å². The van der Waals surface area contributed by atoms with Crippen LogP contribution in [0, 0.1) is 6.92 Å². The van der Waals surface area contributed by atoms with Crippen molar-refractivity contribution < 1.29 is 14.6 Å². The average Bonchev–Trinajstić information content (AvgIpc) is 2.73. The molecular formula is C12H12N2O3. The zero-order chi connectivity index (χ0) is 12.3. The predicted octanol–water partition coefficient (Wildman–Crippen LogP) is 1.93. The van der Waals surface area contributed by atoms with E-state index in [0.717, 1.165) is 5.56 Å². The highest BCUT2D eigenvalue weighted by Gasteiger charge is 2.02. The van der Waals surface area contributed by atoms with Crippen molar-refractivity contribution in [3.63, 3.8) is 0 Å². The predicted molar refractivity (Wildman–Crippen MR) is 61.0 cm³/mol. The van der Waals surface area contributed by atoms with Crippen molar-refractivity contribution in [3.8, 4) is 5.75 Å². The van der Waals surface area contributed by atoms with E-state index in [2.05, 4.69) is 5.10 Å². The van der Waals surface area contributed by atoms with Gasteiger partial charge in [0, 0.05) is 6.20 Å². The van der Waals surface area contributed by atoms with Crippen LogP contribution in [0.15, 0.2) is 36.7 Å². The number of carboxylic acid groups (broad SMARTS) is 1. The van der Waals surface area contributed by atoms with Crippen molar-refractivity contribution in [2.75, 3.05) is 0 Å². The minimum atomic E-state index is -0.945. The van der Waals surface area contributed by atoms with Crippen LogP contribution < -0.4 is 4.74 Å². The number of carbonyl (C=O) groups is 1. The highest BCUT2D eigenvalue weighted by molar-refractivity contribution is 5.87. The summed E-state index contributed by atoms with van der Waals surface area (Å²) >= 11 is 0. The minimum absolute atomic E-state index is 0.243. The number of aromatic carboxylic acids is 1. The molecule has 0 aliphatic rings. The number of carboxylic acids is 1. The minimum Gasteiger partial charge on any atom is -0.478 e. The van der Waals surface area contributed by atoms with Gasteiger partial charge in [-0.05, 0) is 36.8 Å². The Labute approximate surface area is 98.3 Å². The Morgan fingerprint density at radius 3 is 2.65 bits per heavy atom. The molecule has 0 fully saturated rings. The van der Waals surface area contributed by atoms with E-state index >= 15 is 0 Å². The van der Waals surface area contributed by atoms with Crippen molar-refractivity contribution in [3.05, 3.63) is 47.8 Å². The maximum atomic E-state index is 10.6. The van der Waals surface area contributed by atoms with Crippen LogP contribution >= 0.6 is 0 Å². The Morgan fingerprint density at radius 2 is 2.12 bits per heavy atom. The first-order chi connectivity index (χ1) is 8.15. The summed E-state index contributed by atoms with van der Waals surface area (Å²) in [6.07, 6.45) is 3.61. The van der Waals surface area contributed by atoms with Crippen LogP contribution in [0.4, 0.5) is 0 Å². The highest BCUT2D eigenvalue weighted by Crippen LogP contribution is 2.12. The normalized spacial score (nSPS) is 10.2. The summed E-state index contributed by atoms with van der Waals surface area (Å²) in [5, 5.41) is 12.8. The Hall–Kier alpha value is -2.30. The Balaban J connectivity index is 1.97. The van der Waals surface area contributed by atoms with E-state index in [0.29, 0.717) is 12.5 Å². The molecule has 0 saturated heterocycles. The van der Waals surface area contributed by atoms with Crippen molar-refractivity contribution >= 4 is 5.97 Å². The highest BCUT2D eigenvalue weighted by atomic mass is 16.5. The van der Waals surface area contributed by atoms with Gasteiger partial charge in [0.05, 0.1) is 11.8 Å². The van der Waals surface area contributed by atoms with Crippen molar-refractivity contribution in [2.24, 2.45) is 0 Å². The molecule has 1 aromatic heterocycles. The molecule has 5 nitrogen and oxygen atoms in total. The van der Waals surface area contributed by atoms with Crippen LogP contribution in [0.1, 0.15) is 15.9 Å². The first-order valence-corrected chi connectivity index (χ1v) is 5.10. The number of hydrogen-bond acceptors (Lipinski definition) is 3. The summed E-state index contributed by atoms with van der Waals surface area (Å²) in [7, 11) is 0. The van der Waals surface area contributed by atoms with Crippen molar-refractivity contribution in [2.45, 2.75) is 13.7 Å². The molecule has 2 aromatic rings. The summed E-state index contributed by atoms with van der Waals surface area (Å²) in [4.78, 5) is 10.6. The molecule has 1 aromatic carbocycles. The SMILES string of the molecule is Cc1cnn(COc2ccc(C(=O)O)cc2)c1. The fourth-order valence-electron chi connectivity index (χ4n) is 1.37. The zero-order valence-corrected chi connectivity index (χ0v) is 9.33. The van der Waals surface area contributed by atoms with Gasteiger partial charge in [0.25, 0.3) is 0 Å². The van der Waals surface area contributed by atoms with Gasteiger partial charge in [0.1, 0.15) is 5.75 Å². The fourth-order valence-corrected chi connectivity index (χ4v) is 1.37. The molecule has 1 N–H and O–H groups in total. The molecule has 0 saturated carbocycles. The molecule has 17 heavy (non-hydrogen) atoms. The summed E-state index contributed by atoms with van der Waals surface area (Å²) in [6.45, 7) is 2.26. The summed E-state index contributed by atoms with van der Waals surface area (Å²) in [5.41, 5.74) is 1.31. The van der Waals surface area contributed by atoms with Gasteiger partial charge in [-0.25, -0.2) is 9.48 Å². The van der Waals surface area contributed by atoms with E-state index in [1.54, 1.807) is 23.0 Å². The van der Waals surface area contributed by atoms with Crippen LogP contribution in [0.25, 0.3) is 0 Å². The lowest BCUT2D eigenvalue weighted by Gasteiger charge is -2.06. The number of rotatable bonds is 4. The van der Waals surface area contributed by atoms with Gasteiger partial charge in [-0.2, -0.15) is 5.10 Å². The smallest absolute Gasteiger partial charge is 0.335 e. The van der Waals surface area contributed by atoms with Crippen LogP contribution in [0.5, 0.6) is 5.75 Å². The number of hydrogen-bond donors (Lipinski definition) is 1. The lowest BCUT2D eigenvalue weighted by Crippen LogP contribution is -2.05. The third kappa shape index (κ3) is 2.84. The molecule has 0 aliphatic carbocycles. The number of aryl methyl sites for hydroxylation is 1. The van der Waals surface area contributed by atoms with Crippen LogP contribution in [-0.2, 0) is 6.73 Å². The van der Waals surface area contributed by atoms with E-state index in [1.807, 2.05) is 13.1 Å². The third-order valence-corrected chi connectivity index (χ3v) is 2.23. The summed E-state index contributed by atoms with van der Waals surface area (Å²) in [5.74, 6) is -0.331. The molecule has 0 amide bonds. The van der Waals surface area contributed by atoms with Gasteiger partial charge in [0.15, 0.2) is 6.73 Å². The maximum absolute atomic E-state index is 10.6. The van der Waals surface area contributed by atoms with E-state index in [9.17, 15) is 4.79 Å². The van der Waals surface area contributed by atoms with Crippen LogP contribution in [0.3, 0.4) is 0 Å². The molecule has 5 heteroatoms. The lowest BCUT2D eigenvalue weighted by atomic mass is 10.2. The zero-order valence-electron chi connectivity index (χ0n) is 9.33. The molecule has 0 unspecified atom stereocenters. The summed E-state index contributed by atoms with van der Waals surface area (Å²) in [6, 6.07) is 6.26. The Bertz CT molecular complexity index is 517. The second-order valence-corrected chi connectivity index (χ2v) is 3.66. The van der Waals surface area contributed by atoms with Gasteiger partial charge in [-0.3, -0.25) is 0 Å². The largest absolute Gasteiger partial charge is 0.478 e. The number of ether oxygens (including phenoxy) is 1. The quantitative estimate of drug-likeness (QED) is 0.874. The molecule has 88 valence electrons. The van der Waals surface area contributed by atoms with Crippen LogP contribution in [-0.4, -0.2) is 20.9 Å². The molecule has 1 heterocycles. The topological polar surface area (TPSA) is 64.4 Å². The standard InChI is InChI=1S/C12H12N2O3/c1-9-6-13-14(7-9)8-17-11-4-2-10(3-5-11)12(15)16/h2-7H,8H2,1H3,(H,15,16). The van der Waals surface area contributed by atoms with Gasteiger partial charge >= 0.3 is 5.97 Å². The number of aromatic nitrogens is 2. The third-order valence-electron chi connectivity index (χ3n) is 2.23. The van der Waals surface area contributed by atoms with Gasteiger partial charge < -0.3 is 9.84 Å². The van der Waals surface area contributed by atoms with Crippen molar-refractivity contribution in [1.82, 2.24) is 9.78 Å². The molecule has 0 atom stereocenters. The monoisotopic (exact) mass is 232 g/mol. The molecule has 0 bridgehead atoms.